The van der Waals surface area contributed by atoms with Crippen LogP contribution in [0.4, 0.5) is 0 Å². The summed E-state index contributed by atoms with van der Waals surface area (Å²) in [4.78, 5) is 38.6. The molecular formula is C28H34O7. The Labute approximate surface area is 205 Å². The summed E-state index contributed by atoms with van der Waals surface area (Å²) >= 11 is 0. The molecule has 1 spiro atoms. The highest BCUT2D eigenvalue weighted by Gasteiger charge is 2.88. The number of esters is 2. The molecule has 3 heterocycles. The van der Waals surface area contributed by atoms with E-state index in [0.717, 1.165) is 18.4 Å². The molecule has 188 valence electrons. The zero-order valence-corrected chi connectivity index (χ0v) is 21.3. The summed E-state index contributed by atoms with van der Waals surface area (Å²) in [6.07, 6.45) is 7.46. The third kappa shape index (κ3) is 2.48. The molecule has 0 aromatic carbocycles. The summed E-state index contributed by atoms with van der Waals surface area (Å²) in [6, 6.07) is 1.84. The number of epoxide rings is 1. The van der Waals surface area contributed by atoms with E-state index >= 15 is 0 Å². The minimum atomic E-state index is -0.853. The van der Waals surface area contributed by atoms with Crippen LogP contribution in [0.2, 0.25) is 0 Å². The third-order valence-electron chi connectivity index (χ3n) is 10.8. The molecular weight excluding hydrogens is 448 g/mol. The highest BCUT2D eigenvalue weighted by Crippen LogP contribution is 2.79. The fourth-order valence-corrected chi connectivity index (χ4v) is 9.20. The molecule has 1 aromatic heterocycles. The Balaban J connectivity index is 1.55. The first-order valence-electron chi connectivity index (χ1n) is 12.7. The largest absolute Gasteiger partial charge is 0.472 e. The van der Waals surface area contributed by atoms with Gasteiger partial charge in [-0.2, -0.15) is 0 Å². The van der Waals surface area contributed by atoms with E-state index in [1.165, 1.54) is 6.92 Å². The summed E-state index contributed by atoms with van der Waals surface area (Å²) < 4.78 is 24.0. The van der Waals surface area contributed by atoms with Crippen molar-refractivity contribution in [3.63, 3.8) is 0 Å². The quantitative estimate of drug-likeness (QED) is 0.450. The van der Waals surface area contributed by atoms with E-state index in [0.29, 0.717) is 6.42 Å². The van der Waals surface area contributed by atoms with Crippen LogP contribution in [-0.2, 0) is 28.6 Å². The van der Waals surface area contributed by atoms with Gasteiger partial charge in [0.05, 0.1) is 12.5 Å². The first kappa shape index (κ1) is 23.0. The molecule has 9 atom stereocenters. The molecule has 7 heteroatoms. The number of allylic oxidation sites excluding steroid dienone is 2. The highest BCUT2D eigenvalue weighted by molar-refractivity contribution is 5.95. The Morgan fingerprint density at radius 1 is 1.09 bits per heavy atom. The van der Waals surface area contributed by atoms with Gasteiger partial charge in [-0.25, -0.2) is 4.79 Å². The Hall–Kier alpha value is -2.41. The fraction of sp³-hybridized carbons (Fsp3) is 0.679. The van der Waals surface area contributed by atoms with Crippen LogP contribution in [-0.4, -0.2) is 35.5 Å². The van der Waals surface area contributed by atoms with Crippen molar-refractivity contribution in [2.75, 3.05) is 0 Å². The van der Waals surface area contributed by atoms with Crippen LogP contribution in [0.3, 0.4) is 0 Å². The Kier molecular flexibility index (Phi) is 4.38. The van der Waals surface area contributed by atoms with Gasteiger partial charge in [0, 0.05) is 28.7 Å². The maximum atomic E-state index is 13.2. The van der Waals surface area contributed by atoms with Crippen molar-refractivity contribution in [2.24, 2.45) is 33.5 Å². The monoisotopic (exact) mass is 482 g/mol. The number of ether oxygens (including phenoxy) is 3. The van der Waals surface area contributed by atoms with Gasteiger partial charge in [0.15, 0.2) is 11.9 Å². The summed E-state index contributed by atoms with van der Waals surface area (Å²) in [7, 11) is 0. The Morgan fingerprint density at radius 2 is 1.83 bits per heavy atom. The molecule has 0 bridgehead atoms. The second-order valence-corrected chi connectivity index (χ2v) is 12.6. The molecule has 35 heavy (non-hydrogen) atoms. The van der Waals surface area contributed by atoms with Crippen LogP contribution in [0.15, 0.2) is 35.2 Å². The van der Waals surface area contributed by atoms with Gasteiger partial charge in [0.1, 0.15) is 17.8 Å². The van der Waals surface area contributed by atoms with Crippen LogP contribution in [0.25, 0.3) is 0 Å². The lowest BCUT2D eigenvalue weighted by Crippen LogP contribution is -2.72. The van der Waals surface area contributed by atoms with E-state index in [4.69, 9.17) is 18.6 Å². The van der Waals surface area contributed by atoms with Gasteiger partial charge in [-0.1, -0.05) is 40.7 Å². The van der Waals surface area contributed by atoms with Crippen LogP contribution in [0, 0.1) is 33.5 Å². The zero-order valence-electron chi connectivity index (χ0n) is 21.3. The molecule has 0 radical (unpaired) electrons. The second kappa shape index (κ2) is 6.67. The number of cyclic esters (lactones) is 1. The molecule has 4 fully saturated rings. The van der Waals surface area contributed by atoms with Crippen molar-refractivity contribution in [1.82, 2.24) is 0 Å². The van der Waals surface area contributed by atoms with Gasteiger partial charge < -0.3 is 18.6 Å². The fourth-order valence-electron chi connectivity index (χ4n) is 9.20. The lowest BCUT2D eigenvalue weighted by molar-refractivity contribution is -0.251. The van der Waals surface area contributed by atoms with Crippen molar-refractivity contribution >= 4 is 17.7 Å². The summed E-state index contributed by atoms with van der Waals surface area (Å²) in [5.74, 6) is -0.603. The number of hydrogen-bond acceptors (Lipinski definition) is 7. The Bertz CT molecular complexity index is 1150. The maximum Gasteiger partial charge on any atom is 0.339 e. The average molecular weight is 483 g/mol. The highest BCUT2D eigenvalue weighted by atomic mass is 16.7. The Morgan fingerprint density at radius 3 is 2.49 bits per heavy atom. The van der Waals surface area contributed by atoms with Crippen molar-refractivity contribution in [3.8, 4) is 0 Å². The van der Waals surface area contributed by atoms with Crippen molar-refractivity contribution < 1.29 is 33.0 Å². The first-order chi connectivity index (χ1) is 16.3. The van der Waals surface area contributed by atoms with Crippen LogP contribution < -0.4 is 0 Å². The smallest absolute Gasteiger partial charge is 0.339 e. The summed E-state index contributed by atoms with van der Waals surface area (Å²) in [5, 5.41) is 0. The normalized spacial score (nSPS) is 49.1. The van der Waals surface area contributed by atoms with Crippen molar-refractivity contribution in [3.05, 3.63) is 36.3 Å². The number of carbonyl (C=O) groups excluding carboxylic acids is 3. The summed E-state index contributed by atoms with van der Waals surface area (Å²) in [5.41, 5.74) is -2.15. The van der Waals surface area contributed by atoms with Gasteiger partial charge in [0.25, 0.3) is 0 Å². The molecule has 2 saturated heterocycles. The first-order valence-corrected chi connectivity index (χ1v) is 12.7. The third-order valence-corrected chi connectivity index (χ3v) is 10.8. The van der Waals surface area contributed by atoms with Gasteiger partial charge in [-0.15, -0.1) is 0 Å². The number of carbonyl (C=O) groups is 3. The predicted octanol–water partition coefficient (Wildman–Crippen LogP) is 4.56. The van der Waals surface area contributed by atoms with Gasteiger partial charge in [-0.3, -0.25) is 9.59 Å². The number of furan rings is 1. The summed E-state index contributed by atoms with van der Waals surface area (Å²) in [6.45, 7) is 12.0. The topological polar surface area (TPSA) is 95.3 Å². The van der Waals surface area contributed by atoms with E-state index < -0.39 is 40.2 Å². The number of rotatable bonds is 2. The molecule has 6 rings (SSSR count). The maximum absolute atomic E-state index is 13.2. The van der Waals surface area contributed by atoms with E-state index in [1.54, 1.807) is 18.6 Å². The molecule has 0 amide bonds. The zero-order chi connectivity index (χ0) is 25.2. The molecule has 5 aliphatic rings. The number of fused-ring (bicyclic) bond motifs is 3. The van der Waals surface area contributed by atoms with Gasteiger partial charge >= 0.3 is 11.9 Å². The van der Waals surface area contributed by atoms with Crippen molar-refractivity contribution in [1.29, 1.82) is 0 Å². The molecule has 0 N–H and O–H groups in total. The van der Waals surface area contributed by atoms with Crippen LogP contribution in [0.1, 0.15) is 72.5 Å². The SMILES string of the molecule is CC(=O)OC1CC2C(C)(C)C(=O)C=C[C@]2(C)C2CCC3(C)C(c4ccoc4)OC(=O)[C@H]4O[C@]43[C@]12C. The van der Waals surface area contributed by atoms with Gasteiger partial charge in [-0.05, 0) is 48.7 Å². The van der Waals surface area contributed by atoms with E-state index in [1.807, 2.05) is 19.9 Å². The van der Waals surface area contributed by atoms with E-state index in [9.17, 15) is 14.4 Å². The molecule has 5 unspecified atom stereocenters. The molecule has 2 aliphatic heterocycles. The van der Waals surface area contributed by atoms with E-state index in [2.05, 4.69) is 26.8 Å². The molecule has 2 saturated carbocycles. The lowest BCUT2D eigenvalue weighted by atomic mass is 9.35. The second-order valence-electron chi connectivity index (χ2n) is 12.6. The number of ketones is 1. The minimum absolute atomic E-state index is 0.00639. The van der Waals surface area contributed by atoms with Crippen LogP contribution in [0.5, 0.6) is 0 Å². The van der Waals surface area contributed by atoms with E-state index in [-0.39, 0.29) is 35.0 Å². The predicted molar refractivity (Wildman–Crippen MR) is 124 cm³/mol. The van der Waals surface area contributed by atoms with Crippen molar-refractivity contribution in [2.45, 2.75) is 84.7 Å². The van der Waals surface area contributed by atoms with Crippen LogP contribution >= 0.6 is 0 Å². The molecule has 1 aromatic rings. The molecule has 7 nitrogen and oxygen atoms in total. The minimum Gasteiger partial charge on any atom is -0.472 e. The number of hydrogen-bond donors (Lipinski definition) is 0. The average Bonchev–Trinajstić information content (AvgIpc) is 3.35. The standard InChI is InChI=1S/C28H34O7/c1-15(29)33-20-13-18-24(2,3)19(30)8-10-25(18,4)17-7-11-26(5)21(16-9-12-32-14-16)34-23(31)22-28(26,35-22)27(17,20)6/h8-10,12,14,17-18,20-22H,7,11,13H2,1-6H3/t17?,18?,20?,21?,22-,25-,26?,27+,28-/m1/s1. The molecule has 3 aliphatic carbocycles. The lowest BCUT2D eigenvalue weighted by Gasteiger charge is -2.68. The van der Waals surface area contributed by atoms with Gasteiger partial charge in [0.2, 0.25) is 0 Å².